The number of carboxylic acid groups (broad SMARTS) is 1. The third-order valence-corrected chi connectivity index (χ3v) is 6.89. The number of hydrogen-bond acceptors (Lipinski definition) is 8. The number of aliphatic carboxylic acids is 1. The van der Waals surface area contributed by atoms with Crippen molar-refractivity contribution in [2.24, 2.45) is 5.73 Å². The third kappa shape index (κ3) is 7.11. The molecule has 5 atom stereocenters. The average Bonchev–Trinajstić information content (AvgIpc) is 2.73. The van der Waals surface area contributed by atoms with Crippen LogP contribution in [0.4, 0.5) is 13.2 Å². The van der Waals surface area contributed by atoms with Gasteiger partial charge in [-0.2, -0.15) is 13.2 Å². The standard InChI is InChI=1S/C19H24F3N3O9S/c20-19(21,22)9-2-1-3-10(6-9)35(33,34)25-12-7-18(32,8-13(26)15(12)29)17(31)24-11(16(23)30)4-5-14(27)28/h1-3,6,11-13,15,25-26,29,32H,4-5,7-8H2,(H2,23,30)(H,24,31)(H,27,28)/t11-,12-,13+,15+,18-/m0/s1. The average molecular weight is 527 g/mol. The van der Waals surface area contributed by atoms with Crippen LogP contribution in [0.25, 0.3) is 0 Å². The van der Waals surface area contributed by atoms with Gasteiger partial charge in [-0.05, 0) is 24.6 Å². The Labute approximate surface area is 197 Å². The highest BCUT2D eigenvalue weighted by Crippen LogP contribution is 2.33. The van der Waals surface area contributed by atoms with E-state index < -0.39 is 100 Å². The monoisotopic (exact) mass is 527 g/mol. The van der Waals surface area contributed by atoms with Gasteiger partial charge in [-0.25, -0.2) is 13.1 Å². The summed E-state index contributed by atoms with van der Waals surface area (Å²) in [5, 5.41) is 41.9. The van der Waals surface area contributed by atoms with Crippen molar-refractivity contribution in [3.8, 4) is 0 Å². The molecular weight excluding hydrogens is 503 g/mol. The minimum Gasteiger partial charge on any atom is -0.481 e. The van der Waals surface area contributed by atoms with E-state index in [0.29, 0.717) is 12.1 Å². The number of sulfonamides is 1. The fourth-order valence-electron chi connectivity index (χ4n) is 3.55. The van der Waals surface area contributed by atoms with Gasteiger partial charge < -0.3 is 31.5 Å². The summed E-state index contributed by atoms with van der Waals surface area (Å²) in [5.74, 6) is -3.73. The van der Waals surface area contributed by atoms with E-state index in [0.717, 1.165) is 12.1 Å². The van der Waals surface area contributed by atoms with Gasteiger partial charge in [0, 0.05) is 19.3 Å². The minimum absolute atomic E-state index is 0.340. The molecule has 12 nitrogen and oxygen atoms in total. The molecule has 196 valence electrons. The first kappa shape index (κ1) is 28.4. The van der Waals surface area contributed by atoms with E-state index in [1.54, 1.807) is 0 Å². The second kappa shape index (κ2) is 10.4. The van der Waals surface area contributed by atoms with E-state index >= 15 is 0 Å². The highest BCUT2D eigenvalue weighted by Gasteiger charge is 2.50. The van der Waals surface area contributed by atoms with Gasteiger partial charge in [0.15, 0.2) is 0 Å². The fraction of sp³-hybridized carbons (Fsp3) is 0.526. The summed E-state index contributed by atoms with van der Waals surface area (Å²) >= 11 is 0. The molecule has 0 heterocycles. The molecule has 1 aromatic rings. The number of rotatable bonds is 9. The lowest BCUT2D eigenvalue weighted by Crippen LogP contribution is -2.64. The lowest BCUT2D eigenvalue weighted by molar-refractivity contribution is -0.158. The lowest BCUT2D eigenvalue weighted by atomic mass is 9.78. The van der Waals surface area contributed by atoms with Crippen molar-refractivity contribution in [3.05, 3.63) is 29.8 Å². The summed E-state index contributed by atoms with van der Waals surface area (Å²) in [6.45, 7) is 0. The Morgan fingerprint density at radius 2 is 1.83 bits per heavy atom. The van der Waals surface area contributed by atoms with Crippen molar-refractivity contribution in [3.63, 3.8) is 0 Å². The number of alkyl halides is 3. The fourth-order valence-corrected chi connectivity index (χ4v) is 4.85. The predicted molar refractivity (Wildman–Crippen MR) is 110 cm³/mol. The van der Waals surface area contributed by atoms with Crippen LogP contribution in [0.2, 0.25) is 0 Å². The number of amides is 2. The van der Waals surface area contributed by atoms with E-state index in [1.165, 1.54) is 0 Å². The molecule has 1 aromatic carbocycles. The number of nitrogens with one attached hydrogen (secondary N) is 2. The zero-order valence-corrected chi connectivity index (χ0v) is 18.7. The largest absolute Gasteiger partial charge is 0.481 e. The van der Waals surface area contributed by atoms with E-state index in [4.69, 9.17) is 10.8 Å². The summed E-state index contributed by atoms with van der Waals surface area (Å²) in [7, 11) is -4.73. The van der Waals surface area contributed by atoms with Gasteiger partial charge in [0.1, 0.15) is 11.6 Å². The quantitative estimate of drug-likeness (QED) is 0.197. The van der Waals surface area contributed by atoms with E-state index in [2.05, 4.69) is 0 Å². The SMILES string of the molecule is NC(=O)[C@H](CCC(=O)O)NC(=O)[C@@]1(O)C[C@@H](O)[C@H](O)[C@@H](NS(=O)(=O)c2cccc(C(F)(F)F)c2)C1. The van der Waals surface area contributed by atoms with Crippen LogP contribution in [0.15, 0.2) is 29.2 Å². The summed E-state index contributed by atoms with van der Waals surface area (Å²) in [5.41, 5.74) is 1.30. The van der Waals surface area contributed by atoms with Gasteiger partial charge in [-0.15, -0.1) is 0 Å². The summed E-state index contributed by atoms with van der Waals surface area (Å²) in [4.78, 5) is 34.1. The first-order valence-electron chi connectivity index (χ1n) is 10.1. The number of carbonyl (C=O) groups excluding carboxylic acids is 2. The molecule has 16 heteroatoms. The van der Waals surface area contributed by atoms with Crippen LogP contribution >= 0.6 is 0 Å². The van der Waals surface area contributed by atoms with Gasteiger partial charge in [0.25, 0.3) is 5.91 Å². The molecule has 0 bridgehead atoms. The van der Waals surface area contributed by atoms with Crippen molar-refractivity contribution in [2.75, 3.05) is 0 Å². The number of carbonyl (C=O) groups is 3. The number of aliphatic hydroxyl groups is 3. The maximum absolute atomic E-state index is 12.9. The van der Waals surface area contributed by atoms with Gasteiger partial charge in [0.05, 0.1) is 28.7 Å². The number of carboxylic acids is 1. The predicted octanol–water partition coefficient (Wildman–Crippen LogP) is -1.57. The molecular formula is C19H24F3N3O9S. The number of aliphatic hydroxyl groups excluding tert-OH is 2. The zero-order chi connectivity index (χ0) is 26.8. The van der Waals surface area contributed by atoms with Crippen LogP contribution < -0.4 is 15.8 Å². The highest BCUT2D eigenvalue weighted by molar-refractivity contribution is 7.89. The molecule has 2 amide bonds. The molecule has 0 unspecified atom stereocenters. The summed E-state index contributed by atoms with van der Waals surface area (Å²) < 4.78 is 66.0. The maximum atomic E-state index is 12.9. The topological polar surface area (TPSA) is 216 Å². The number of primary amides is 1. The van der Waals surface area contributed by atoms with E-state index in [-0.39, 0.29) is 0 Å². The third-order valence-electron chi connectivity index (χ3n) is 5.41. The van der Waals surface area contributed by atoms with Crippen LogP contribution in [0.3, 0.4) is 0 Å². The second-order valence-electron chi connectivity index (χ2n) is 8.11. The molecule has 8 N–H and O–H groups in total. The molecule has 0 saturated heterocycles. The van der Waals surface area contributed by atoms with E-state index in [9.17, 15) is 51.3 Å². The van der Waals surface area contributed by atoms with Crippen molar-refractivity contribution in [1.29, 1.82) is 0 Å². The van der Waals surface area contributed by atoms with Gasteiger partial charge in [-0.3, -0.25) is 14.4 Å². The van der Waals surface area contributed by atoms with Crippen LogP contribution in [0, 0.1) is 0 Å². The van der Waals surface area contributed by atoms with E-state index in [1.807, 2.05) is 10.0 Å². The zero-order valence-electron chi connectivity index (χ0n) is 17.9. The minimum atomic E-state index is -4.85. The molecule has 0 radical (unpaired) electrons. The molecule has 2 rings (SSSR count). The summed E-state index contributed by atoms with van der Waals surface area (Å²) in [6, 6.07) is -0.587. The molecule has 1 saturated carbocycles. The highest BCUT2D eigenvalue weighted by atomic mass is 32.2. The molecule has 1 aliphatic carbocycles. The van der Waals surface area contributed by atoms with Crippen molar-refractivity contribution in [1.82, 2.24) is 10.0 Å². The Hall–Kier alpha value is -2.79. The molecule has 35 heavy (non-hydrogen) atoms. The summed E-state index contributed by atoms with van der Waals surface area (Å²) in [6.07, 6.45) is -11.2. The van der Waals surface area contributed by atoms with Gasteiger partial charge in [0.2, 0.25) is 15.9 Å². The molecule has 1 fully saturated rings. The number of halogens is 3. The Bertz CT molecular complexity index is 1080. The first-order chi connectivity index (χ1) is 16.0. The van der Waals surface area contributed by atoms with Crippen molar-refractivity contribution < 1.29 is 56.4 Å². The number of hydrogen-bond donors (Lipinski definition) is 7. The normalized spacial score (nSPS) is 26.1. The van der Waals surface area contributed by atoms with Crippen molar-refractivity contribution >= 4 is 27.8 Å². The maximum Gasteiger partial charge on any atom is 0.416 e. The van der Waals surface area contributed by atoms with Crippen LogP contribution in [-0.2, 0) is 30.6 Å². The number of benzene rings is 1. The van der Waals surface area contributed by atoms with Crippen LogP contribution in [0.5, 0.6) is 0 Å². The van der Waals surface area contributed by atoms with Crippen LogP contribution in [0.1, 0.15) is 31.2 Å². The molecule has 1 aliphatic rings. The van der Waals surface area contributed by atoms with Gasteiger partial charge >= 0.3 is 12.1 Å². The molecule has 0 aliphatic heterocycles. The smallest absolute Gasteiger partial charge is 0.416 e. The van der Waals surface area contributed by atoms with Crippen molar-refractivity contribution in [2.45, 2.75) is 66.6 Å². The Kier molecular flexibility index (Phi) is 8.49. The van der Waals surface area contributed by atoms with Gasteiger partial charge in [-0.1, -0.05) is 6.07 Å². The molecule has 0 aromatic heterocycles. The van der Waals surface area contributed by atoms with Crippen LogP contribution in [-0.4, -0.2) is 76.5 Å². The Morgan fingerprint density at radius 3 is 2.37 bits per heavy atom. The molecule has 0 spiro atoms. The Balaban J connectivity index is 2.26. The number of nitrogens with two attached hydrogens (primary N) is 1. The second-order valence-corrected chi connectivity index (χ2v) is 9.83. The Morgan fingerprint density at radius 1 is 1.20 bits per heavy atom. The lowest BCUT2D eigenvalue weighted by Gasteiger charge is -2.41. The first-order valence-corrected chi connectivity index (χ1v) is 11.5.